The van der Waals surface area contributed by atoms with Crippen molar-refractivity contribution in [3.8, 4) is 17.1 Å². The minimum Gasteiger partial charge on any atom is -0.493 e. The molecule has 180 valence electrons. The van der Waals surface area contributed by atoms with Crippen LogP contribution in [-0.4, -0.2) is 43.4 Å². The van der Waals surface area contributed by atoms with Gasteiger partial charge < -0.3 is 14.1 Å². The Balaban J connectivity index is 1.55. The number of rotatable bonds is 8. The first kappa shape index (κ1) is 24.0. The average Bonchev–Trinajstić information content (AvgIpc) is 3.42. The van der Waals surface area contributed by atoms with Crippen molar-refractivity contribution in [1.82, 2.24) is 4.90 Å². The van der Waals surface area contributed by atoms with E-state index in [1.54, 1.807) is 53.4 Å². The minimum atomic E-state index is -3.19. The Kier molecular flexibility index (Phi) is 7.07. The van der Waals surface area contributed by atoms with Gasteiger partial charge in [-0.15, -0.1) is 0 Å². The second kappa shape index (κ2) is 10.0. The Hall–Kier alpha value is -3.13. The fourth-order valence-electron chi connectivity index (χ4n) is 3.91. The van der Waals surface area contributed by atoms with Crippen molar-refractivity contribution in [1.29, 1.82) is 0 Å². The number of halogens is 1. The number of carbonyl (C=O) groups is 1. The molecule has 34 heavy (non-hydrogen) atoms. The summed E-state index contributed by atoms with van der Waals surface area (Å²) < 4.78 is 49.1. The summed E-state index contributed by atoms with van der Waals surface area (Å²) in [6.45, 7) is 4.82. The summed E-state index contributed by atoms with van der Waals surface area (Å²) in [5, 5.41) is 0. The quantitative estimate of drug-likeness (QED) is 0.451. The maximum atomic E-state index is 13.4. The van der Waals surface area contributed by atoms with Gasteiger partial charge in [0.1, 0.15) is 23.1 Å². The highest BCUT2D eigenvalue weighted by atomic mass is 32.2. The van der Waals surface area contributed by atoms with Crippen LogP contribution in [0.1, 0.15) is 36.4 Å². The van der Waals surface area contributed by atoms with E-state index in [1.165, 1.54) is 12.1 Å². The van der Waals surface area contributed by atoms with Crippen LogP contribution in [0.3, 0.4) is 0 Å². The Morgan fingerprint density at radius 2 is 1.79 bits per heavy atom. The molecular formula is C26H28FNO5S. The predicted molar refractivity (Wildman–Crippen MR) is 128 cm³/mol. The molecule has 2 aromatic carbocycles. The Labute approximate surface area is 199 Å². The number of sulfone groups is 1. The molecule has 6 nitrogen and oxygen atoms in total. The van der Waals surface area contributed by atoms with E-state index in [1.807, 2.05) is 0 Å². The highest BCUT2D eigenvalue weighted by molar-refractivity contribution is 7.91. The summed E-state index contributed by atoms with van der Waals surface area (Å²) in [5.74, 6) is 1.52. The van der Waals surface area contributed by atoms with Gasteiger partial charge in [-0.25, -0.2) is 12.8 Å². The monoisotopic (exact) mass is 485 g/mol. The number of hydrogen-bond acceptors (Lipinski definition) is 5. The van der Waals surface area contributed by atoms with Crippen LogP contribution in [0.15, 0.2) is 65.1 Å². The first-order valence-corrected chi connectivity index (χ1v) is 13.1. The summed E-state index contributed by atoms with van der Waals surface area (Å²) in [6, 6.07) is 15.9. The third-order valence-corrected chi connectivity index (χ3v) is 7.46. The molecule has 0 radical (unpaired) electrons. The average molecular weight is 486 g/mol. The van der Waals surface area contributed by atoms with Crippen LogP contribution in [0.4, 0.5) is 4.39 Å². The fourth-order valence-corrected chi connectivity index (χ4v) is 5.64. The van der Waals surface area contributed by atoms with Crippen LogP contribution < -0.4 is 4.74 Å². The third-order valence-electron chi connectivity index (χ3n) is 5.71. The number of nitrogens with zero attached hydrogens (tertiary/aromatic N) is 1. The largest absolute Gasteiger partial charge is 0.493 e. The number of ether oxygens (including phenoxy) is 1. The van der Waals surface area contributed by atoms with E-state index in [4.69, 9.17) is 9.15 Å². The van der Waals surface area contributed by atoms with Gasteiger partial charge in [0.2, 0.25) is 0 Å². The molecule has 0 unspecified atom stereocenters. The lowest BCUT2D eigenvalue weighted by Gasteiger charge is -2.27. The first-order valence-electron chi connectivity index (χ1n) is 11.3. The highest BCUT2D eigenvalue weighted by Gasteiger charge is 2.35. The van der Waals surface area contributed by atoms with E-state index in [0.29, 0.717) is 47.3 Å². The normalized spacial score (nSPS) is 17.1. The third kappa shape index (κ3) is 5.86. The van der Waals surface area contributed by atoms with E-state index < -0.39 is 15.9 Å². The molecule has 1 fully saturated rings. The maximum absolute atomic E-state index is 13.4. The zero-order valence-corrected chi connectivity index (χ0v) is 20.1. The summed E-state index contributed by atoms with van der Waals surface area (Å²) in [6.07, 6.45) is 0.384. The van der Waals surface area contributed by atoms with Gasteiger partial charge in [-0.05, 0) is 73.0 Å². The van der Waals surface area contributed by atoms with E-state index in [-0.39, 0.29) is 29.8 Å². The summed E-state index contributed by atoms with van der Waals surface area (Å²) in [7, 11) is -3.19. The van der Waals surface area contributed by atoms with Crippen molar-refractivity contribution in [3.63, 3.8) is 0 Å². The predicted octanol–water partition coefficient (Wildman–Crippen LogP) is 4.95. The van der Waals surface area contributed by atoms with E-state index in [9.17, 15) is 17.6 Å². The van der Waals surface area contributed by atoms with Crippen molar-refractivity contribution in [3.05, 3.63) is 77.8 Å². The molecule has 0 N–H and O–H groups in total. The number of amides is 1. The summed E-state index contributed by atoms with van der Waals surface area (Å²) in [4.78, 5) is 15.0. The van der Waals surface area contributed by atoms with Crippen LogP contribution in [-0.2, 0) is 16.4 Å². The topological polar surface area (TPSA) is 76.8 Å². The zero-order chi connectivity index (χ0) is 24.3. The van der Waals surface area contributed by atoms with Crippen LogP contribution in [0.5, 0.6) is 5.75 Å². The number of benzene rings is 2. The molecule has 1 atom stereocenters. The first-order chi connectivity index (χ1) is 16.2. The second-order valence-corrected chi connectivity index (χ2v) is 11.2. The second-order valence-electron chi connectivity index (χ2n) is 8.99. The molecule has 1 aromatic heterocycles. The van der Waals surface area contributed by atoms with Crippen LogP contribution in [0, 0.1) is 11.7 Å². The van der Waals surface area contributed by atoms with Gasteiger partial charge in [-0.1, -0.05) is 13.8 Å². The lowest BCUT2D eigenvalue weighted by atomic mass is 10.1. The smallest absolute Gasteiger partial charge is 0.254 e. The lowest BCUT2D eigenvalue weighted by Crippen LogP contribution is -2.40. The zero-order valence-electron chi connectivity index (χ0n) is 19.2. The van der Waals surface area contributed by atoms with E-state index in [2.05, 4.69) is 13.8 Å². The molecule has 0 saturated carbocycles. The SMILES string of the molecule is CC(C)COc1ccc(C(=O)N(Cc2ccc(-c3ccc(F)cc3)o2)[C@@H]2CCS(=O)(=O)C2)cc1. The highest BCUT2D eigenvalue weighted by Crippen LogP contribution is 2.27. The molecule has 0 aliphatic carbocycles. The lowest BCUT2D eigenvalue weighted by molar-refractivity contribution is 0.0666. The Morgan fingerprint density at radius 1 is 1.09 bits per heavy atom. The molecule has 0 spiro atoms. The van der Waals surface area contributed by atoms with Crippen molar-refractivity contribution in [2.45, 2.75) is 32.9 Å². The molecule has 8 heteroatoms. The van der Waals surface area contributed by atoms with Gasteiger partial charge in [0.15, 0.2) is 9.84 Å². The number of carbonyl (C=O) groups excluding carboxylic acids is 1. The molecule has 0 bridgehead atoms. The summed E-state index contributed by atoms with van der Waals surface area (Å²) in [5.41, 5.74) is 1.16. The fraction of sp³-hybridized carbons (Fsp3) is 0.346. The van der Waals surface area contributed by atoms with Gasteiger partial charge in [0, 0.05) is 17.2 Å². The van der Waals surface area contributed by atoms with Crippen molar-refractivity contribution in [2.75, 3.05) is 18.1 Å². The Morgan fingerprint density at radius 3 is 2.41 bits per heavy atom. The van der Waals surface area contributed by atoms with Gasteiger partial charge in [0.05, 0.1) is 24.7 Å². The van der Waals surface area contributed by atoms with E-state index >= 15 is 0 Å². The minimum absolute atomic E-state index is 0.0579. The van der Waals surface area contributed by atoms with Crippen molar-refractivity contribution in [2.24, 2.45) is 5.92 Å². The van der Waals surface area contributed by atoms with E-state index in [0.717, 1.165) is 0 Å². The molecule has 1 saturated heterocycles. The van der Waals surface area contributed by atoms with Crippen LogP contribution in [0.25, 0.3) is 11.3 Å². The molecule has 1 aliphatic rings. The maximum Gasteiger partial charge on any atom is 0.254 e. The van der Waals surface area contributed by atoms with Crippen LogP contribution in [0.2, 0.25) is 0 Å². The Bertz CT molecular complexity index is 1230. The molecule has 2 heterocycles. The standard InChI is InChI=1S/C26H28FNO5S/c1-18(2)16-32-23-9-5-20(6-10-23)26(29)28(22-13-14-34(30,31)17-22)15-24-11-12-25(33-24)19-3-7-21(27)8-4-19/h3-12,18,22H,13-17H2,1-2H3/t22-/m1/s1. The van der Waals surface area contributed by atoms with Crippen LogP contribution >= 0.6 is 0 Å². The van der Waals surface area contributed by atoms with Gasteiger partial charge in [-0.2, -0.15) is 0 Å². The molecule has 1 aliphatic heterocycles. The molecule has 3 aromatic rings. The number of hydrogen-bond donors (Lipinski definition) is 0. The van der Waals surface area contributed by atoms with Gasteiger partial charge in [-0.3, -0.25) is 4.79 Å². The summed E-state index contributed by atoms with van der Waals surface area (Å²) >= 11 is 0. The van der Waals surface area contributed by atoms with Gasteiger partial charge >= 0.3 is 0 Å². The number of furan rings is 1. The molecular weight excluding hydrogens is 457 g/mol. The van der Waals surface area contributed by atoms with Crippen molar-refractivity contribution < 1.29 is 26.8 Å². The molecule has 1 amide bonds. The van der Waals surface area contributed by atoms with Gasteiger partial charge in [0.25, 0.3) is 5.91 Å². The van der Waals surface area contributed by atoms with Crippen molar-refractivity contribution >= 4 is 15.7 Å². The molecule has 4 rings (SSSR count).